The highest BCUT2D eigenvalue weighted by atomic mass is 35.5. The number of urea groups is 1. The molecule has 13 heteroatoms. The van der Waals surface area contributed by atoms with E-state index in [-0.39, 0.29) is 16.6 Å². The average molecular weight is 585 g/mol. The van der Waals surface area contributed by atoms with Gasteiger partial charge in [-0.3, -0.25) is 9.69 Å². The zero-order valence-corrected chi connectivity index (χ0v) is 23.9. The van der Waals surface area contributed by atoms with Crippen molar-refractivity contribution in [2.45, 2.75) is 6.92 Å². The van der Waals surface area contributed by atoms with Gasteiger partial charge in [0.1, 0.15) is 28.7 Å². The molecule has 3 aromatic rings. The number of methoxy groups -OCH3 is 1. The van der Waals surface area contributed by atoms with Crippen LogP contribution in [0.5, 0.6) is 5.75 Å². The lowest BCUT2D eigenvalue weighted by Crippen LogP contribution is -2.43. The van der Waals surface area contributed by atoms with Crippen LogP contribution in [-0.4, -0.2) is 62.2 Å². The predicted molar refractivity (Wildman–Crippen MR) is 161 cm³/mol. The third-order valence-corrected chi connectivity index (χ3v) is 7.16. The van der Waals surface area contributed by atoms with Crippen LogP contribution in [0.4, 0.5) is 39.2 Å². The van der Waals surface area contributed by atoms with Crippen molar-refractivity contribution in [3.05, 3.63) is 64.9 Å². The molecule has 4 rings (SSSR count). The minimum Gasteiger partial charge on any atom is -0.495 e. The van der Waals surface area contributed by atoms with Gasteiger partial charge in [-0.1, -0.05) is 29.8 Å². The van der Waals surface area contributed by atoms with Gasteiger partial charge in [0.05, 0.1) is 29.2 Å². The molecule has 210 valence electrons. The number of amides is 3. The van der Waals surface area contributed by atoms with E-state index in [2.05, 4.69) is 42.7 Å². The summed E-state index contributed by atoms with van der Waals surface area (Å²) >= 11 is 12.8. The molecule has 1 aliphatic rings. The lowest BCUT2D eigenvalue weighted by Gasteiger charge is -2.30. The van der Waals surface area contributed by atoms with Crippen molar-refractivity contribution in [2.24, 2.45) is 0 Å². The minimum absolute atomic E-state index is 0.184. The summed E-state index contributed by atoms with van der Waals surface area (Å²) in [5.74, 6) is 0.751. The number of aromatic nitrogens is 2. The fourth-order valence-corrected chi connectivity index (χ4v) is 4.60. The number of benzene rings is 2. The largest absolute Gasteiger partial charge is 0.495 e. The molecule has 0 saturated carbocycles. The Labute approximate surface area is 242 Å². The first-order chi connectivity index (χ1) is 19.2. The molecule has 40 heavy (non-hydrogen) atoms. The van der Waals surface area contributed by atoms with Gasteiger partial charge in [-0.25, -0.2) is 14.8 Å². The molecule has 1 aromatic heterocycles. The monoisotopic (exact) mass is 584 g/mol. The van der Waals surface area contributed by atoms with Crippen LogP contribution in [0.1, 0.15) is 5.56 Å². The van der Waals surface area contributed by atoms with Crippen molar-refractivity contribution in [1.29, 1.82) is 0 Å². The first-order valence-electron chi connectivity index (χ1n) is 12.4. The molecule has 1 saturated heterocycles. The van der Waals surface area contributed by atoms with Crippen LogP contribution in [0.2, 0.25) is 10.0 Å². The normalized spacial score (nSPS) is 12.9. The number of piperazine rings is 1. The summed E-state index contributed by atoms with van der Waals surface area (Å²) in [6, 6.07) is 8.50. The number of rotatable bonds is 8. The van der Waals surface area contributed by atoms with E-state index in [4.69, 9.17) is 27.9 Å². The maximum Gasteiger partial charge on any atom is 0.327 e. The fraction of sp³-hybridized carbons (Fsp3) is 0.259. The molecule has 1 fully saturated rings. The fourth-order valence-electron chi connectivity index (χ4n) is 4.08. The Kier molecular flexibility index (Phi) is 9.30. The second-order valence-corrected chi connectivity index (χ2v) is 9.69. The Morgan fingerprint density at radius 1 is 1.10 bits per heavy atom. The number of hydrogen-bond donors (Lipinski definition) is 4. The van der Waals surface area contributed by atoms with E-state index >= 15 is 0 Å². The van der Waals surface area contributed by atoms with Gasteiger partial charge in [0, 0.05) is 45.0 Å². The van der Waals surface area contributed by atoms with E-state index in [9.17, 15) is 9.59 Å². The Hall–Kier alpha value is -4.06. The summed E-state index contributed by atoms with van der Waals surface area (Å²) in [6.45, 7) is 8.81. The number of carbonyl (C=O) groups excluding carboxylic acids is 2. The van der Waals surface area contributed by atoms with Crippen LogP contribution in [0.25, 0.3) is 0 Å². The SMILES string of the molecule is C=CC(=O)Nc1cc(N2CCNCC2)ccc1Nc1cc(N(C)C(=O)Nc2c(Cl)c(C)cc(OC)c2Cl)ncn1. The highest BCUT2D eigenvalue weighted by molar-refractivity contribution is 6.41. The van der Waals surface area contributed by atoms with Crippen LogP contribution >= 0.6 is 23.2 Å². The summed E-state index contributed by atoms with van der Waals surface area (Å²) in [6.07, 6.45) is 2.54. The Balaban J connectivity index is 1.56. The van der Waals surface area contributed by atoms with Crippen LogP contribution in [0, 0.1) is 6.92 Å². The van der Waals surface area contributed by atoms with Gasteiger partial charge >= 0.3 is 6.03 Å². The van der Waals surface area contributed by atoms with E-state index in [0.29, 0.717) is 39.3 Å². The standard InChI is InChI=1S/C27H30Cl2N8O3/c1-5-23(38)34-19-13-17(37-10-8-30-9-11-37)6-7-18(19)33-21-14-22(32-15-31-21)36(3)27(39)35-26-24(28)16(2)12-20(40-4)25(26)29/h5-7,12-15,30H,1,8-11H2,2-4H3,(H,34,38)(H,35,39)(H,31,32,33). The highest BCUT2D eigenvalue weighted by Gasteiger charge is 2.20. The number of ether oxygens (including phenoxy) is 1. The highest BCUT2D eigenvalue weighted by Crippen LogP contribution is 2.40. The third kappa shape index (κ3) is 6.56. The zero-order chi connectivity index (χ0) is 28.8. The molecular formula is C27H30Cl2N8O3. The zero-order valence-electron chi connectivity index (χ0n) is 22.3. The lowest BCUT2D eigenvalue weighted by atomic mass is 10.2. The van der Waals surface area contributed by atoms with Crippen molar-refractivity contribution >= 4 is 69.5 Å². The maximum absolute atomic E-state index is 13.1. The van der Waals surface area contributed by atoms with Crippen molar-refractivity contribution in [2.75, 3.05) is 66.1 Å². The molecule has 0 radical (unpaired) electrons. The first kappa shape index (κ1) is 28.9. The van der Waals surface area contributed by atoms with Crippen LogP contribution in [0.3, 0.4) is 0 Å². The van der Waals surface area contributed by atoms with Gasteiger partial charge in [-0.2, -0.15) is 0 Å². The van der Waals surface area contributed by atoms with Crippen molar-refractivity contribution in [3.63, 3.8) is 0 Å². The summed E-state index contributed by atoms with van der Waals surface area (Å²) in [4.78, 5) is 37.3. The minimum atomic E-state index is -0.527. The molecular weight excluding hydrogens is 555 g/mol. The molecule has 1 aliphatic heterocycles. The Morgan fingerprint density at radius 3 is 2.55 bits per heavy atom. The van der Waals surface area contributed by atoms with Crippen molar-refractivity contribution in [3.8, 4) is 5.75 Å². The summed E-state index contributed by atoms with van der Waals surface area (Å²) in [7, 11) is 3.03. The number of hydrogen-bond acceptors (Lipinski definition) is 8. The quantitative estimate of drug-likeness (QED) is 0.271. The molecule has 2 aromatic carbocycles. The van der Waals surface area contributed by atoms with Crippen molar-refractivity contribution < 1.29 is 14.3 Å². The molecule has 0 bridgehead atoms. The van der Waals surface area contributed by atoms with E-state index in [1.165, 1.54) is 24.4 Å². The predicted octanol–water partition coefficient (Wildman–Crippen LogP) is 5.05. The van der Waals surface area contributed by atoms with Gasteiger partial charge in [0.2, 0.25) is 5.91 Å². The van der Waals surface area contributed by atoms with Gasteiger partial charge in [0.25, 0.3) is 0 Å². The van der Waals surface area contributed by atoms with E-state index in [1.807, 2.05) is 18.2 Å². The lowest BCUT2D eigenvalue weighted by molar-refractivity contribution is -0.111. The third-order valence-electron chi connectivity index (χ3n) is 6.29. The Morgan fingerprint density at radius 2 is 1.85 bits per heavy atom. The smallest absolute Gasteiger partial charge is 0.327 e. The number of nitrogens with zero attached hydrogens (tertiary/aromatic N) is 4. The number of halogens is 2. The average Bonchev–Trinajstić information content (AvgIpc) is 2.98. The van der Waals surface area contributed by atoms with Crippen molar-refractivity contribution in [1.82, 2.24) is 15.3 Å². The molecule has 2 heterocycles. The van der Waals surface area contributed by atoms with E-state index < -0.39 is 6.03 Å². The molecule has 0 atom stereocenters. The summed E-state index contributed by atoms with van der Waals surface area (Å²) in [5.41, 5.74) is 3.07. The van der Waals surface area contributed by atoms with Crippen LogP contribution in [0.15, 0.2) is 49.3 Å². The summed E-state index contributed by atoms with van der Waals surface area (Å²) in [5, 5.41) is 12.6. The van der Waals surface area contributed by atoms with Crippen LogP contribution in [-0.2, 0) is 4.79 Å². The number of anilines is 6. The summed E-state index contributed by atoms with van der Waals surface area (Å²) < 4.78 is 5.28. The van der Waals surface area contributed by atoms with E-state index in [1.54, 1.807) is 26.1 Å². The number of carbonyl (C=O) groups is 2. The second kappa shape index (κ2) is 12.9. The molecule has 3 amide bonds. The second-order valence-electron chi connectivity index (χ2n) is 8.93. The van der Waals surface area contributed by atoms with Gasteiger partial charge in [0.15, 0.2) is 0 Å². The van der Waals surface area contributed by atoms with Gasteiger partial charge < -0.3 is 30.9 Å². The maximum atomic E-state index is 13.1. The molecule has 0 aliphatic carbocycles. The Bertz CT molecular complexity index is 1430. The molecule has 0 unspecified atom stereocenters. The number of nitrogens with one attached hydrogen (secondary N) is 4. The van der Waals surface area contributed by atoms with Gasteiger partial charge in [-0.15, -0.1) is 0 Å². The molecule has 4 N–H and O–H groups in total. The molecule has 11 nitrogen and oxygen atoms in total. The first-order valence-corrected chi connectivity index (χ1v) is 13.2. The van der Waals surface area contributed by atoms with Crippen LogP contribution < -0.4 is 35.8 Å². The topological polar surface area (TPSA) is 124 Å². The van der Waals surface area contributed by atoms with E-state index in [0.717, 1.165) is 31.9 Å². The van der Waals surface area contributed by atoms with Gasteiger partial charge in [-0.05, 0) is 42.8 Å². The molecule has 0 spiro atoms. The number of aryl methyl sites for hydroxylation is 1.